The van der Waals surface area contributed by atoms with Gasteiger partial charge in [0, 0.05) is 17.7 Å². The van der Waals surface area contributed by atoms with Crippen molar-refractivity contribution in [2.45, 2.75) is 31.7 Å². The number of hydrogen-bond acceptors (Lipinski definition) is 2. The van der Waals surface area contributed by atoms with Gasteiger partial charge in [-0.05, 0) is 54.9 Å². The summed E-state index contributed by atoms with van der Waals surface area (Å²) in [6, 6.07) is 7.36. The van der Waals surface area contributed by atoms with Gasteiger partial charge in [-0.2, -0.15) is 0 Å². The molecule has 110 valence electrons. The van der Waals surface area contributed by atoms with Crippen LogP contribution in [-0.2, 0) is 4.79 Å². The number of benzene rings is 1. The van der Waals surface area contributed by atoms with Crippen molar-refractivity contribution in [1.82, 2.24) is 5.32 Å². The third kappa shape index (κ3) is 3.15. The van der Waals surface area contributed by atoms with E-state index in [9.17, 15) is 9.59 Å². The molecule has 2 bridgehead atoms. The van der Waals surface area contributed by atoms with Crippen molar-refractivity contribution in [3.63, 3.8) is 0 Å². The van der Waals surface area contributed by atoms with Crippen molar-refractivity contribution in [3.05, 3.63) is 41.5 Å². The molecule has 3 rings (SSSR count). The van der Waals surface area contributed by atoms with E-state index in [0.717, 1.165) is 24.0 Å². The van der Waals surface area contributed by atoms with Crippen LogP contribution in [-0.4, -0.2) is 23.0 Å². The summed E-state index contributed by atoms with van der Waals surface area (Å²) in [4.78, 5) is 22.8. The molecule has 0 heterocycles. The summed E-state index contributed by atoms with van der Waals surface area (Å²) in [6.45, 7) is 0. The molecular weight excluding hydrogens is 266 g/mol. The predicted molar refractivity (Wildman–Crippen MR) is 79.8 cm³/mol. The molecule has 4 nitrogen and oxygen atoms in total. The Morgan fingerprint density at radius 2 is 2.10 bits per heavy atom. The molecule has 1 aromatic rings. The molecule has 2 aliphatic carbocycles. The number of hydrogen-bond donors (Lipinski definition) is 2. The van der Waals surface area contributed by atoms with Gasteiger partial charge in [0.05, 0.1) is 0 Å². The van der Waals surface area contributed by atoms with E-state index < -0.39 is 5.97 Å². The van der Waals surface area contributed by atoms with Crippen molar-refractivity contribution >= 4 is 18.0 Å². The Labute approximate surface area is 123 Å². The number of carbonyl (C=O) groups is 2. The van der Waals surface area contributed by atoms with Crippen LogP contribution in [0.1, 0.15) is 41.6 Å². The van der Waals surface area contributed by atoms with Crippen LogP contribution in [0.2, 0.25) is 0 Å². The van der Waals surface area contributed by atoms with Gasteiger partial charge in [-0.1, -0.05) is 18.6 Å². The lowest BCUT2D eigenvalue weighted by atomic mass is 9.95. The lowest BCUT2D eigenvalue weighted by Crippen LogP contribution is -2.38. The van der Waals surface area contributed by atoms with Gasteiger partial charge in [0.1, 0.15) is 0 Å². The second kappa shape index (κ2) is 5.72. The lowest BCUT2D eigenvalue weighted by Gasteiger charge is -2.22. The monoisotopic (exact) mass is 285 g/mol. The summed E-state index contributed by atoms with van der Waals surface area (Å²) in [5.74, 6) is 0.393. The van der Waals surface area contributed by atoms with Crippen molar-refractivity contribution in [1.29, 1.82) is 0 Å². The van der Waals surface area contributed by atoms with Crippen LogP contribution < -0.4 is 5.32 Å². The minimum absolute atomic E-state index is 0.0573. The molecule has 1 amide bonds. The highest BCUT2D eigenvalue weighted by Crippen LogP contribution is 2.44. The third-order valence-corrected chi connectivity index (χ3v) is 4.62. The Morgan fingerprint density at radius 3 is 2.76 bits per heavy atom. The predicted octanol–water partition coefficient (Wildman–Crippen LogP) is 2.70. The van der Waals surface area contributed by atoms with E-state index in [-0.39, 0.29) is 5.91 Å². The second-order valence-electron chi connectivity index (χ2n) is 6.05. The summed E-state index contributed by atoms with van der Waals surface area (Å²) in [5, 5.41) is 11.8. The zero-order chi connectivity index (χ0) is 14.8. The summed E-state index contributed by atoms with van der Waals surface area (Å²) >= 11 is 0. The first-order chi connectivity index (χ1) is 10.1. The molecule has 2 saturated carbocycles. The van der Waals surface area contributed by atoms with Gasteiger partial charge in [-0.15, -0.1) is 0 Å². The zero-order valence-corrected chi connectivity index (χ0v) is 11.8. The maximum Gasteiger partial charge on any atom is 0.328 e. The van der Waals surface area contributed by atoms with Gasteiger partial charge in [-0.3, -0.25) is 4.79 Å². The Hall–Kier alpha value is -2.10. The van der Waals surface area contributed by atoms with Gasteiger partial charge >= 0.3 is 5.97 Å². The van der Waals surface area contributed by atoms with Crippen LogP contribution in [0.15, 0.2) is 30.3 Å². The number of carboxylic acid groups (broad SMARTS) is 1. The van der Waals surface area contributed by atoms with E-state index >= 15 is 0 Å². The standard InChI is InChI=1S/C17H19NO3/c19-16(20)7-5-11-2-1-3-14(8-11)17(21)18-15-10-12-4-6-13(15)9-12/h1-3,5,7-8,12-13,15H,4,6,9-10H2,(H,18,21)(H,19,20). The third-order valence-electron chi connectivity index (χ3n) is 4.62. The fourth-order valence-electron chi connectivity index (χ4n) is 3.62. The molecule has 21 heavy (non-hydrogen) atoms. The van der Waals surface area contributed by atoms with Gasteiger partial charge in [-0.25, -0.2) is 4.79 Å². The second-order valence-corrected chi connectivity index (χ2v) is 6.05. The Morgan fingerprint density at radius 1 is 1.24 bits per heavy atom. The lowest BCUT2D eigenvalue weighted by molar-refractivity contribution is -0.131. The number of amides is 1. The molecule has 2 N–H and O–H groups in total. The Balaban J connectivity index is 1.67. The zero-order valence-electron chi connectivity index (χ0n) is 11.8. The molecule has 3 atom stereocenters. The maximum absolute atomic E-state index is 12.3. The van der Waals surface area contributed by atoms with E-state index in [4.69, 9.17) is 5.11 Å². The normalized spacial score (nSPS) is 27.1. The molecule has 2 aliphatic rings. The first-order valence-electron chi connectivity index (χ1n) is 7.44. The van der Waals surface area contributed by atoms with E-state index in [1.54, 1.807) is 24.3 Å². The number of carbonyl (C=O) groups excluding carboxylic acids is 1. The largest absolute Gasteiger partial charge is 0.478 e. The molecule has 3 unspecified atom stereocenters. The molecule has 0 aliphatic heterocycles. The minimum atomic E-state index is -0.994. The topological polar surface area (TPSA) is 66.4 Å². The number of rotatable bonds is 4. The van der Waals surface area contributed by atoms with Crippen LogP contribution in [0, 0.1) is 11.8 Å². The van der Waals surface area contributed by atoms with E-state index in [0.29, 0.717) is 17.5 Å². The molecule has 0 spiro atoms. The van der Waals surface area contributed by atoms with E-state index in [1.165, 1.54) is 25.3 Å². The highest BCUT2D eigenvalue weighted by Gasteiger charge is 2.40. The van der Waals surface area contributed by atoms with E-state index in [2.05, 4.69) is 5.32 Å². The number of fused-ring (bicyclic) bond motifs is 2. The number of nitrogens with one attached hydrogen (secondary N) is 1. The van der Waals surface area contributed by atoms with Gasteiger partial charge in [0.2, 0.25) is 0 Å². The SMILES string of the molecule is O=C(O)C=Cc1cccc(C(=O)NC2CC3CCC2C3)c1. The number of aliphatic carboxylic acids is 1. The number of carboxylic acids is 1. The molecule has 4 heteroatoms. The fraction of sp³-hybridized carbons (Fsp3) is 0.412. The summed E-state index contributed by atoms with van der Waals surface area (Å²) in [6.07, 6.45) is 7.48. The molecule has 2 fully saturated rings. The summed E-state index contributed by atoms with van der Waals surface area (Å²) in [7, 11) is 0. The molecule has 1 aromatic carbocycles. The summed E-state index contributed by atoms with van der Waals surface area (Å²) < 4.78 is 0. The molecule has 0 aromatic heterocycles. The van der Waals surface area contributed by atoms with Gasteiger partial charge in [0.15, 0.2) is 0 Å². The highest BCUT2D eigenvalue weighted by atomic mass is 16.4. The van der Waals surface area contributed by atoms with Crippen LogP contribution in [0.4, 0.5) is 0 Å². The summed E-state index contributed by atoms with van der Waals surface area (Å²) in [5.41, 5.74) is 1.31. The van der Waals surface area contributed by atoms with Crippen LogP contribution in [0.25, 0.3) is 6.08 Å². The van der Waals surface area contributed by atoms with Crippen molar-refractivity contribution in [3.8, 4) is 0 Å². The van der Waals surface area contributed by atoms with Gasteiger partial charge < -0.3 is 10.4 Å². The van der Waals surface area contributed by atoms with E-state index in [1.807, 2.05) is 0 Å². The molecular formula is C17H19NO3. The Kier molecular flexibility index (Phi) is 3.78. The molecule has 0 radical (unpaired) electrons. The fourth-order valence-corrected chi connectivity index (χ4v) is 3.62. The van der Waals surface area contributed by atoms with Crippen LogP contribution in [0.5, 0.6) is 0 Å². The first kappa shape index (κ1) is 13.9. The molecule has 0 saturated heterocycles. The average Bonchev–Trinajstić information content (AvgIpc) is 3.08. The quantitative estimate of drug-likeness (QED) is 0.836. The van der Waals surface area contributed by atoms with Crippen molar-refractivity contribution < 1.29 is 14.7 Å². The first-order valence-corrected chi connectivity index (χ1v) is 7.44. The van der Waals surface area contributed by atoms with Gasteiger partial charge in [0.25, 0.3) is 5.91 Å². The Bertz CT molecular complexity index is 593. The highest BCUT2D eigenvalue weighted by molar-refractivity contribution is 5.95. The van der Waals surface area contributed by atoms with Crippen LogP contribution >= 0.6 is 0 Å². The van der Waals surface area contributed by atoms with Crippen LogP contribution in [0.3, 0.4) is 0 Å². The van der Waals surface area contributed by atoms with Crippen molar-refractivity contribution in [2.75, 3.05) is 0 Å². The maximum atomic E-state index is 12.3. The average molecular weight is 285 g/mol. The van der Waals surface area contributed by atoms with Crippen molar-refractivity contribution in [2.24, 2.45) is 11.8 Å². The smallest absolute Gasteiger partial charge is 0.328 e. The minimum Gasteiger partial charge on any atom is -0.478 e.